The van der Waals surface area contributed by atoms with Crippen molar-refractivity contribution >= 4 is 11.6 Å². The summed E-state index contributed by atoms with van der Waals surface area (Å²) >= 11 is 0. The standard InChI is InChI=1S/C14H15N3O2/c1-19-13-6-5-11(15)8-10(13)9-17-14(18)12-4-2-3-7-16-12/h2-8H,9,15H2,1H3,(H,17,18). The van der Waals surface area contributed by atoms with E-state index in [1.807, 2.05) is 0 Å². The molecular formula is C14H15N3O2. The number of ether oxygens (including phenoxy) is 1. The van der Waals surface area contributed by atoms with E-state index < -0.39 is 0 Å². The Morgan fingerprint density at radius 2 is 2.21 bits per heavy atom. The summed E-state index contributed by atoms with van der Waals surface area (Å²) in [6, 6.07) is 10.5. The van der Waals surface area contributed by atoms with Crippen LogP contribution in [0.3, 0.4) is 0 Å². The number of aromatic nitrogens is 1. The molecule has 0 aliphatic rings. The summed E-state index contributed by atoms with van der Waals surface area (Å²) in [4.78, 5) is 15.8. The monoisotopic (exact) mass is 257 g/mol. The number of pyridine rings is 1. The van der Waals surface area contributed by atoms with Crippen molar-refractivity contribution in [3.05, 3.63) is 53.9 Å². The van der Waals surface area contributed by atoms with Gasteiger partial charge in [0.1, 0.15) is 11.4 Å². The molecule has 2 rings (SSSR count). The summed E-state index contributed by atoms with van der Waals surface area (Å²) in [5, 5.41) is 2.78. The predicted molar refractivity (Wildman–Crippen MR) is 72.8 cm³/mol. The van der Waals surface area contributed by atoms with Crippen LogP contribution in [-0.2, 0) is 6.54 Å². The maximum atomic E-state index is 11.9. The lowest BCUT2D eigenvalue weighted by Gasteiger charge is -2.10. The second kappa shape index (κ2) is 5.86. The molecule has 0 bridgehead atoms. The average molecular weight is 257 g/mol. The first-order valence-electron chi connectivity index (χ1n) is 5.82. The first-order chi connectivity index (χ1) is 9.20. The van der Waals surface area contributed by atoms with Gasteiger partial charge in [-0.3, -0.25) is 9.78 Å². The van der Waals surface area contributed by atoms with Gasteiger partial charge in [0.25, 0.3) is 5.91 Å². The number of anilines is 1. The van der Waals surface area contributed by atoms with Gasteiger partial charge in [-0.2, -0.15) is 0 Å². The van der Waals surface area contributed by atoms with Crippen molar-refractivity contribution in [2.45, 2.75) is 6.54 Å². The number of hydrogen-bond acceptors (Lipinski definition) is 4. The molecule has 5 heteroatoms. The van der Waals surface area contributed by atoms with E-state index in [9.17, 15) is 4.79 Å². The van der Waals surface area contributed by atoms with Crippen molar-refractivity contribution < 1.29 is 9.53 Å². The molecule has 0 unspecified atom stereocenters. The summed E-state index contributed by atoms with van der Waals surface area (Å²) in [7, 11) is 1.58. The number of nitrogens with two attached hydrogens (primary N) is 1. The molecule has 1 aromatic heterocycles. The van der Waals surface area contributed by atoms with Gasteiger partial charge >= 0.3 is 0 Å². The molecule has 98 valence electrons. The van der Waals surface area contributed by atoms with E-state index >= 15 is 0 Å². The summed E-state index contributed by atoms with van der Waals surface area (Å²) in [6.07, 6.45) is 1.58. The highest BCUT2D eigenvalue weighted by molar-refractivity contribution is 5.92. The Labute approximate surface area is 111 Å². The fourth-order valence-corrected chi connectivity index (χ4v) is 1.70. The minimum absolute atomic E-state index is 0.231. The van der Waals surface area contributed by atoms with Crippen LogP contribution < -0.4 is 15.8 Å². The maximum Gasteiger partial charge on any atom is 0.270 e. The zero-order valence-electron chi connectivity index (χ0n) is 10.6. The van der Waals surface area contributed by atoms with Crippen LogP contribution in [0.2, 0.25) is 0 Å². The smallest absolute Gasteiger partial charge is 0.270 e. The lowest BCUT2D eigenvalue weighted by atomic mass is 10.1. The van der Waals surface area contributed by atoms with E-state index in [0.29, 0.717) is 23.7 Å². The molecule has 0 fully saturated rings. The summed E-state index contributed by atoms with van der Waals surface area (Å²) in [5.41, 5.74) is 7.55. The number of nitrogens with one attached hydrogen (secondary N) is 1. The predicted octanol–water partition coefficient (Wildman–Crippen LogP) is 1.60. The number of carbonyl (C=O) groups is 1. The number of carbonyl (C=O) groups excluding carboxylic acids is 1. The van der Waals surface area contributed by atoms with Gasteiger partial charge in [0.15, 0.2) is 0 Å². The Hall–Kier alpha value is -2.56. The van der Waals surface area contributed by atoms with Gasteiger partial charge in [-0.05, 0) is 30.3 Å². The molecule has 5 nitrogen and oxygen atoms in total. The average Bonchev–Trinajstić information content (AvgIpc) is 2.46. The van der Waals surface area contributed by atoms with Gasteiger partial charge in [-0.1, -0.05) is 6.07 Å². The second-order valence-corrected chi connectivity index (χ2v) is 3.97. The molecule has 19 heavy (non-hydrogen) atoms. The molecule has 0 radical (unpaired) electrons. The number of nitrogen functional groups attached to an aromatic ring is 1. The zero-order chi connectivity index (χ0) is 13.7. The summed E-state index contributed by atoms with van der Waals surface area (Å²) in [5.74, 6) is 0.459. The molecule has 3 N–H and O–H groups in total. The van der Waals surface area contributed by atoms with Crippen molar-refractivity contribution in [1.82, 2.24) is 10.3 Å². The van der Waals surface area contributed by atoms with Crippen molar-refractivity contribution in [1.29, 1.82) is 0 Å². The van der Waals surface area contributed by atoms with Gasteiger partial charge in [-0.25, -0.2) is 0 Å². The summed E-state index contributed by atoms with van der Waals surface area (Å²) < 4.78 is 5.22. The van der Waals surface area contributed by atoms with Crippen molar-refractivity contribution in [2.75, 3.05) is 12.8 Å². The Morgan fingerprint density at radius 3 is 2.89 bits per heavy atom. The molecule has 1 heterocycles. The van der Waals surface area contributed by atoms with Crippen LogP contribution >= 0.6 is 0 Å². The molecule has 0 atom stereocenters. The number of hydrogen-bond donors (Lipinski definition) is 2. The molecule has 0 aliphatic carbocycles. The number of nitrogens with zero attached hydrogens (tertiary/aromatic N) is 1. The molecular weight excluding hydrogens is 242 g/mol. The maximum absolute atomic E-state index is 11.9. The molecule has 0 saturated carbocycles. The highest BCUT2D eigenvalue weighted by Gasteiger charge is 2.08. The lowest BCUT2D eigenvalue weighted by Crippen LogP contribution is -2.24. The first kappa shape index (κ1) is 12.9. The van der Waals surface area contributed by atoms with Gasteiger partial charge in [0, 0.05) is 24.0 Å². The van der Waals surface area contributed by atoms with Crippen molar-refractivity contribution in [3.8, 4) is 5.75 Å². The van der Waals surface area contributed by atoms with Gasteiger partial charge in [0.05, 0.1) is 7.11 Å². The number of benzene rings is 1. The first-order valence-corrected chi connectivity index (χ1v) is 5.82. The molecule has 1 aromatic carbocycles. The van der Waals surface area contributed by atoms with Crippen LogP contribution in [0.1, 0.15) is 16.1 Å². The van der Waals surface area contributed by atoms with E-state index in [2.05, 4.69) is 10.3 Å². The molecule has 1 amide bonds. The van der Waals surface area contributed by atoms with Crippen LogP contribution in [0.15, 0.2) is 42.6 Å². The summed E-state index contributed by atoms with van der Waals surface area (Å²) in [6.45, 7) is 0.337. The minimum atomic E-state index is -0.231. The fraction of sp³-hybridized carbons (Fsp3) is 0.143. The van der Waals surface area contributed by atoms with E-state index in [-0.39, 0.29) is 5.91 Å². The minimum Gasteiger partial charge on any atom is -0.496 e. The number of methoxy groups -OCH3 is 1. The van der Waals surface area contributed by atoms with E-state index in [4.69, 9.17) is 10.5 Å². The molecule has 0 aliphatic heterocycles. The Bertz CT molecular complexity index is 570. The number of amides is 1. The molecule has 0 saturated heterocycles. The van der Waals surface area contributed by atoms with Gasteiger partial charge < -0.3 is 15.8 Å². The largest absolute Gasteiger partial charge is 0.496 e. The van der Waals surface area contributed by atoms with Crippen LogP contribution in [0.25, 0.3) is 0 Å². The highest BCUT2D eigenvalue weighted by Crippen LogP contribution is 2.20. The Morgan fingerprint density at radius 1 is 1.37 bits per heavy atom. The van der Waals surface area contributed by atoms with E-state index in [0.717, 1.165) is 5.56 Å². The zero-order valence-corrected chi connectivity index (χ0v) is 10.6. The Balaban J connectivity index is 2.07. The Kier molecular flexibility index (Phi) is 3.97. The van der Waals surface area contributed by atoms with Crippen molar-refractivity contribution in [3.63, 3.8) is 0 Å². The quantitative estimate of drug-likeness (QED) is 0.816. The van der Waals surface area contributed by atoms with Crippen molar-refractivity contribution in [2.24, 2.45) is 0 Å². The third-order valence-corrected chi connectivity index (χ3v) is 2.64. The van der Waals surface area contributed by atoms with Crippen LogP contribution in [0.5, 0.6) is 5.75 Å². The second-order valence-electron chi connectivity index (χ2n) is 3.97. The van der Waals surface area contributed by atoms with Crippen LogP contribution in [-0.4, -0.2) is 18.0 Å². The molecule has 0 spiro atoms. The number of rotatable bonds is 4. The molecule has 2 aromatic rings. The van der Waals surface area contributed by atoms with E-state index in [1.54, 1.807) is 49.7 Å². The van der Waals surface area contributed by atoms with Crippen LogP contribution in [0.4, 0.5) is 5.69 Å². The van der Waals surface area contributed by atoms with Gasteiger partial charge in [0.2, 0.25) is 0 Å². The normalized spacial score (nSPS) is 9.95. The SMILES string of the molecule is COc1ccc(N)cc1CNC(=O)c1ccccn1. The van der Waals surface area contributed by atoms with E-state index in [1.165, 1.54) is 0 Å². The lowest BCUT2D eigenvalue weighted by molar-refractivity contribution is 0.0945. The third kappa shape index (κ3) is 3.22. The highest BCUT2D eigenvalue weighted by atomic mass is 16.5. The van der Waals surface area contributed by atoms with Crippen LogP contribution in [0, 0.1) is 0 Å². The third-order valence-electron chi connectivity index (χ3n) is 2.64. The topological polar surface area (TPSA) is 77.2 Å². The fourth-order valence-electron chi connectivity index (χ4n) is 1.70. The van der Waals surface area contributed by atoms with Gasteiger partial charge in [-0.15, -0.1) is 0 Å².